The van der Waals surface area contributed by atoms with Gasteiger partial charge in [0.15, 0.2) is 0 Å². The molecule has 8 heteroatoms. The third kappa shape index (κ3) is 4.07. The molecule has 1 aliphatic carbocycles. The summed E-state index contributed by atoms with van der Waals surface area (Å²) in [5, 5.41) is 3.42. The van der Waals surface area contributed by atoms with E-state index in [2.05, 4.69) is 5.32 Å². The van der Waals surface area contributed by atoms with Gasteiger partial charge in [0.1, 0.15) is 5.00 Å². The lowest BCUT2D eigenvalue weighted by atomic mass is 9.98. The number of amides is 2. The number of nitrogens with one attached hydrogen (secondary N) is 1. The standard InChI is InChI=1S/C18H25N3O4S/c1-2-25-18(24)11-5-4-8-21(9-11)10-14(22)20-17-15(16(19)23)12-6-3-7-13(12)26-17/h11H,2-10H2,1H3,(H2,19,23)(H,20,22)/t11-/m0/s1. The molecular formula is C18H25N3O4S. The minimum absolute atomic E-state index is 0.178. The summed E-state index contributed by atoms with van der Waals surface area (Å²) in [7, 11) is 0. The van der Waals surface area contributed by atoms with Crippen molar-refractivity contribution < 1.29 is 19.1 Å². The van der Waals surface area contributed by atoms with Crippen LogP contribution in [0.3, 0.4) is 0 Å². The largest absolute Gasteiger partial charge is 0.466 e. The summed E-state index contributed by atoms with van der Waals surface area (Å²) in [5.74, 6) is -1.04. The number of nitrogens with zero attached hydrogens (tertiary/aromatic N) is 1. The van der Waals surface area contributed by atoms with Gasteiger partial charge in [0.2, 0.25) is 5.91 Å². The van der Waals surface area contributed by atoms with E-state index in [0.717, 1.165) is 49.1 Å². The number of thiophene rings is 1. The average molecular weight is 379 g/mol. The van der Waals surface area contributed by atoms with Gasteiger partial charge in [-0.2, -0.15) is 0 Å². The Kier molecular flexibility index (Phi) is 5.93. The Labute approximate surface area is 156 Å². The first kappa shape index (κ1) is 18.8. The van der Waals surface area contributed by atoms with E-state index in [9.17, 15) is 14.4 Å². The summed E-state index contributed by atoms with van der Waals surface area (Å²) in [6, 6.07) is 0. The highest BCUT2D eigenvalue weighted by molar-refractivity contribution is 7.17. The van der Waals surface area contributed by atoms with E-state index in [-0.39, 0.29) is 24.3 Å². The van der Waals surface area contributed by atoms with Crippen LogP contribution in [-0.4, -0.2) is 48.9 Å². The van der Waals surface area contributed by atoms with Crippen LogP contribution in [0.2, 0.25) is 0 Å². The van der Waals surface area contributed by atoms with Crippen molar-refractivity contribution in [3.63, 3.8) is 0 Å². The number of esters is 1. The zero-order valence-corrected chi connectivity index (χ0v) is 15.8. The SMILES string of the molecule is CCOC(=O)[C@H]1CCCN(CC(=O)Nc2sc3c(c2C(N)=O)CCC3)C1. The van der Waals surface area contributed by atoms with E-state index in [1.165, 1.54) is 11.3 Å². The van der Waals surface area contributed by atoms with Crippen LogP contribution in [0.15, 0.2) is 0 Å². The van der Waals surface area contributed by atoms with E-state index < -0.39 is 5.91 Å². The van der Waals surface area contributed by atoms with E-state index >= 15 is 0 Å². The Hall–Kier alpha value is -1.93. The lowest BCUT2D eigenvalue weighted by Crippen LogP contribution is -2.43. The Morgan fingerprint density at radius 1 is 1.31 bits per heavy atom. The molecule has 0 radical (unpaired) electrons. The molecule has 142 valence electrons. The number of hydrogen-bond acceptors (Lipinski definition) is 6. The first-order valence-electron chi connectivity index (χ1n) is 9.12. The fourth-order valence-corrected chi connectivity index (χ4v) is 5.08. The van der Waals surface area contributed by atoms with Crippen molar-refractivity contribution in [2.24, 2.45) is 11.7 Å². The highest BCUT2D eigenvalue weighted by Gasteiger charge is 2.29. The second kappa shape index (κ2) is 8.18. The third-order valence-corrected chi connectivity index (χ3v) is 6.12. The van der Waals surface area contributed by atoms with Crippen LogP contribution in [-0.2, 0) is 27.2 Å². The van der Waals surface area contributed by atoms with Crippen molar-refractivity contribution in [3.8, 4) is 0 Å². The second-order valence-corrected chi connectivity index (χ2v) is 7.91. The zero-order valence-electron chi connectivity index (χ0n) is 15.0. The number of carbonyl (C=O) groups is 3. The first-order valence-corrected chi connectivity index (χ1v) is 9.94. The number of rotatable bonds is 6. The number of piperidine rings is 1. The highest BCUT2D eigenvalue weighted by Crippen LogP contribution is 2.38. The number of anilines is 1. The lowest BCUT2D eigenvalue weighted by Gasteiger charge is -2.30. The molecule has 0 bridgehead atoms. The fraction of sp³-hybridized carbons (Fsp3) is 0.611. The number of aryl methyl sites for hydroxylation is 1. The van der Waals surface area contributed by atoms with Crippen molar-refractivity contribution >= 4 is 34.1 Å². The number of fused-ring (bicyclic) bond motifs is 1. The highest BCUT2D eigenvalue weighted by atomic mass is 32.1. The Morgan fingerprint density at radius 2 is 2.12 bits per heavy atom. The molecule has 2 aliphatic rings. The maximum atomic E-state index is 12.5. The van der Waals surface area contributed by atoms with Crippen molar-refractivity contribution in [3.05, 3.63) is 16.0 Å². The molecule has 26 heavy (non-hydrogen) atoms. The molecule has 3 N–H and O–H groups in total. The number of ether oxygens (including phenoxy) is 1. The van der Waals surface area contributed by atoms with Crippen molar-refractivity contribution in [2.45, 2.75) is 39.0 Å². The van der Waals surface area contributed by atoms with Crippen molar-refractivity contribution in [1.82, 2.24) is 4.90 Å². The Bertz CT molecular complexity index is 716. The van der Waals surface area contributed by atoms with E-state index in [1.54, 1.807) is 6.92 Å². The molecule has 1 aromatic rings. The molecule has 1 aliphatic heterocycles. The quantitative estimate of drug-likeness (QED) is 0.730. The van der Waals surface area contributed by atoms with Crippen LogP contribution in [0.1, 0.15) is 47.0 Å². The minimum atomic E-state index is -0.486. The van der Waals surface area contributed by atoms with Gasteiger partial charge in [0.25, 0.3) is 5.91 Å². The fourth-order valence-electron chi connectivity index (χ4n) is 3.77. The molecule has 1 fully saturated rings. The van der Waals surface area contributed by atoms with Crippen LogP contribution in [0.25, 0.3) is 0 Å². The number of nitrogens with two attached hydrogens (primary N) is 1. The predicted molar refractivity (Wildman–Crippen MR) is 99.3 cm³/mol. The van der Waals surface area contributed by atoms with Gasteiger partial charge in [-0.05, 0) is 51.1 Å². The van der Waals surface area contributed by atoms with Crippen LogP contribution < -0.4 is 11.1 Å². The Morgan fingerprint density at radius 3 is 2.85 bits per heavy atom. The summed E-state index contributed by atoms with van der Waals surface area (Å²) < 4.78 is 5.09. The maximum Gasteiger partial charge on any atom is 0.310 e. The number of likely N-dealkylation sites (tertiary alicyclic amines) is 1. The van der Waals surface area contributed by atoms with Crippen molar-refractivity contribution in [2.75, 3.05) is 31.6 Å². The van der Waals surface area contributed by atoms with Gasteiger partial charge in [0.05, 0.1) is 24.6 Å². The van der Waals surface area contributed by atoms with Gasteiger partial charge in [-0.25, -0.2) is 0 Å². The minimum Gasteiger partial charge on any atom is -0.466 e. The smallest absolute Gasteiger partial charge is 0.310 e. The van der Waals surface area contributed by atoms with Gasteiger partial charge in [-0.1, -0.05) is 0 Å². The van der Waals surface area contributed by atoms with Crippen LogP contribution >= 0.6 is 11.3 Å². The van der Waals surface area contributed by atoms with Crippen LogP contribution in [0.5, 0.6) is 0 Å². The average Bonchev–Trinajstić information content (AvgIpc) is 3.15. The topological polar surface area (TPSA) is 102 Å². The summed E-state index contributed by atoms with van der Waals surface area (Å²) in [5.41, 5.74) is 7.00. The molecule has 0 saturated carbocycles. The monoisotopic (exact) mass is 379 g/mol. The molecule has 1 aromatic heterocycles. The molecule has 2 amide bonds. The third-order valence-electron chi connectivity index (χ3n) is 4.91. The van der Waals surface area contributed by atoms with Gasteiger partial charge >= 0.3 is 5.97 Å². The number of carbonyl (C=O) groups excluding carboxylic acids is 3. The van der Waals surface area contributed by atoms with E-state index in [1.807, 2.05) is 4.90 Å². The molecule has 1 saturated heterocycles. The molecule has 3 rings (SSSR count). The van der Waals surface area contributed by atoms with Crippen molar-refractivity contribution in [1.29, 1.82) is 0 Å². The molecule has 0 spiro atoms. The van der Waals surface area contributed by atoms with Gasteiger partial charge in [-0.3, -0.25) is 19.3 Å². The lowest BCUT2D eigenvalue weighted by molar-refractivity contribution is -0.150. The van der Waals surface area contributed by atoms with Crippen LogP contribution in [0.4, 0.5) is 5.00 Å². The van der Waals surface area contributed by atoms with E-state index in [4.69, 9.17) is 10.5 Å². The second-order valence-electron chi connectivity index (χ2n) is 6.80. The maximum absolute atomic E-state index is 12.5. The summed E-state index contributed by atoms with van der Waals surface area (Å²) in [4.78, 5) is 39.3. The molecule has 0 aromatic carbocycles. The first-order chi connectivity index (χ1) is 12.5. The zero-order chi connectivity index (χ0) is 18.7. The number of hydrogen-bond donors (Lipinski definition) is 2. The van der Waals surface area contributed by atoms with E-state index in [0.29, 0.717) is 23.7 Å². The number of primary amides is 1. The van der Waals surface area contributed by atoms with Gasteiger partial charge in [-0.15, -0.1) is 11.3 Å². The molecule has 2 heterocycles. The predicted octanol–water partition coefficient (Wildman–Crippen LogP) is 1.55. The Balaban J connectivity index is 1.61. The summed E-state index contributed by atoms with van der Waals surface area (Å²) >= 11 is 1.45. The summed E-state index contributed by atoms with van der Waals surface area (Å²) in [6.07, 6.45) is 4.45. The normalized spacial score (nSPS) is 19.8. The molecule has 1 atom stereocenters. The molecular weight excluding hydrogens is 354 g/mol. The molecule has 0 unspecified atom stereocenters. The van der Waals surface area contributed by atoms with Gasteiger partial charge < -0.3 is 15.8 Å². The summed E-state index contributed by atoms with van der Waals surface area (Å²) in [6.45, 7) is 3.65. The van der Waals surface area contributed by atoms with Crippen LogP contribution in [0, 0.1) is 5.92 Å². The molecule has 7 nitrogen and oxygen atoms in total. The van der Waals surface area contributed by atoms with Gasteiger partial charge in [0, 0.05) is 11.4 Å².